The van der Waals surface area contributed by atoms with Crippen LogP contribution in [-0.2, 0) is 9.59 Å². The molecule has 0 aromatic heterocycles. The topological polar surface area (TPSA) is 76.7 Å². The molecule has 2 aromatic carbocycles. The SMILES string of the molecule is CC(Oc1ccccc1Cl)C(=O)NNC(=O)COc1ccc(Br)cc1Br. The summed E-state index contributed by atoms with van der Waals surface area (Å²) in [6, 6.07) is 12.1. The molecule has 0 radical (unpaired) electrons. The van der Waals surface area contributed by atoms with Gasteiger partial charge in [0.25, 0.3) is 11.8 Å². The van der Waals surface area contributed by atoms with Crippen LogP contribution in [0.2, 0.25) is 5.02 Å². The second-order valence-corrected chi connectivity index (χ2v) is 7.27. The molecule has 0 aliphatic rings. The van der Waals surface area contributed by atoms with Crippen LogP contribution in [0.4, 0.5) is 0 Å². The summed E-state index contributed by atoms with van der Waals surface area (Å²) in [6.07, 6.45) is -0.850. The number of nitrogens with one attached hydrogen (secondary N) is 2. The second kappa shape index (κ2) is 9.80. The van der Waals surface area contributed by atoms with E-state index in [1.807, 2.05) is 0 Å². The Hall–Kier alpha value is -1.77. The van der Waals surface area contributed by atoms with Crippen LogP contribution in [-0.4, -0.2) is 24.5 Å². The summed E-state index contributed by atoms with van der Waals surface area (Å²) in [6.45, 7) is 1.28. The van der Waals surface area contributed by atoms with Crippen molar-refractivity contribution in [1.29, 1.82) is 0 Å². The Morgan fingerprint density at radius 3 is 2.54 bits per heavy atom. The minimum atomic E-state index is -0.850. The van der Waals surface area contributed by atoms with Gasteiger partial charge in [0.05, 0.1) is 9.50 Å². The van der Waals surface area contributed by atoms with Crippen molar-refractivity contribution in [2.75, 3.05) is 6.61 Å². The zero-order valence-electron chi connectivity index (χ0n) is 13.6. The number of hydrazine groups is 1. The number of ether oxygens (including phenoxy) is 2. The highest BCUT2D eigenvalue weighted by molar-refractivity contribution is 9.11. The fraction of sp³-hybridized carbons (Fsp3) is 0.176. The molecule has 1 atom stereocenters. The minimum Gasteiger partial charge on any atom is -0.483 e. The highest BCUT2D eigenvalue weighted by Crippen LogP contribution is 2.28. The molecule has 26 heavy (non-hydrogen) atoms. The number of amides is 2. The van der Waals surface area contributed by atoms with Crippen LogP contribution in [0.25, 0.3) is 0 Å². The van der Waals surface area contributed by atoms with Crippen molar-refractivity contribution in [2.24, 2.45) is 0 Å². The standard InChI is InChI=1S/C17H15Br2ClN2O4/c1-10(26-15-5-3-2-4-13(15)20)17(24)22-21-16(23)9-25-14-7-6-11(18)8-12(14)19/h2-8,10H,9H2,1H3,(H,21,23)(H,22,24). The number of hydrogen-bond acceptors (Lipinski definition) is 4. The van der Waals surface area contributed by atoms with Gasteiger partial charge in [-0.1, -0.05) is 39.7 Å². The van der Waals surface area contributed by atoms with Crippen LogP contribution in [0.1, 0.15) is 6.92 Å². The first kappa shape index (κ1) is 20.5. The zero-order valence-corrected chi connectivity index (χ0v) is 17.5. The average molecular weight is 507 g/mol. The highest BCUT2D eigenvalue weighted by atomic mass is 79.9. The fourth-order valence-electron chi connectivity index (χ4n) is 1.79. The molecule has 0 saturated carbocycles. The predicted molar refractivity (Wildman–Crippen MR) is 105 cm³/mol. The van der Waals surface area contributed by atoms with Crippen LogP contribution < -0.4 is 20.3 Å². The van der Waals surface area contributed by atoms with Gasteiger partial charge in [-0.05, 0) is 53.2 Å². The van der Waals surface area contributed by atoms with Crippen LogP contribution in [0, 0.1) is 0 Å². The second-order valence-electron chi connectivity index (χ2n) is 5.09. The lowest BCUT2D eigenvalue weighted by Gasteiger charge is -2.16. The monoisotopic (exact) mass is 504 g/mol. The van der Waals surface area contributed by atoms with Gasteiger partial charge in [-0.2, -0.15) is 0 Å². The van der Waals surface area contributed by atoms with E-state index in [0.29, 0.717) is 21.0 Å². The number of carbonyl (C=O) groups excluding carboxylic acids is 2. The Bertz CT molecular complexity index is 804. The van der Waals surface area contributed by atoms with Crippen LogP contribution in [0.5, 0.6) is 11.5 Å². The van der Waals surface area contributed by atoms with Crippen LogP contribution in [0.3, 0.4) is 0 Å². The summed E-state index contributed by atoms with van der Waals surface area (Å²) in [7, 11) is 0. The largest absolute Gasteiger partial charge is 0.483 e. The number of benzene rings is 2. The first-order valence-electron chi connectivity index (χ1n) is 7.44. The van der Waals surface area contributed by atoms with Crippen molar-refractivity contribution in [3.8, 4) is 11.5 Å². The van der Waals surface area contributed by atoms with E-state index in [4.69, 9.17) is 21.1 Å². The molecule has 138 valence electrons. The number of rotatable bonds is 6. The first-order valence-corrected chi connectivity index (χ1v) is 9.41. The van der Waals surface area contributed by atoms with Crippen molar-refractivity contribution in [3.63, 3.8) is 0 Å². The van der Waals surface area contributed by atoms with Gasteiger partial charge in [0, 0.05) is 4.47 Å². The van der Waals surface area contributed by atoms with E-state index in [9.17, 15) is 9.59 Å². The summed E-state index contributed by atoms with van der Waals surface area (Å²) >= 11 is 12.6. The minimum absolute atomic E-state index is 0.264. The smallest absolute Gasteiger partial charge is 0.279 e. The maximum atomic E-state index is 12.0. The summed E-state index contributed by atoms with van der Waals surface area (Å²) < 4.78 is 12.4. The van der Waals surface area contributed by atoms with E-state index in [-0.39, 0.29) is 6.61 Å². The van der Waals surface area contributed by atoms with Crippen molar-refractivity contribution in [2.45, 2.75) is 13.0 Å². The van der Waals surface area contributed by atoms with Gasteiger partial charge in [-0.25, -0.2) is 0 Å². The van der Waals surface area contributed by atoms with Crippen molar-refractivity contribution < 1.29 is 19.1 Å². The van der Waals surface area contributed by atoms with E-state index in [0.717, 1.165) is 4.47 Å². The first-order chi connectivity index (χ1) is 12.4. The van der Waals surface area contributed by atoms with Gasteiger partial charge in [0.1, 0.15) is 11.5 Å². The molecule has 9 heteroatoms. The third kappa shape index (κ3) is 6.19. The Morgan fingerprint density at radius 1 is 1.12 bits per heavy atom. The van der Waals surface area contributed by atoms with Gasteiger partial charge in [-0.15, -0.1) is 0 Å². The normalized spacial score (nSPS) is 11.4. The van der Waals surface area contributed by atoms with E-state index in [1.54, 1.807) is 49.4 Å². The average Bonchev–Trinajstić information content (AvgIpc) is 2.60. The summed E-state index contributed by atoms with van der Waals surface area (Å²) in [5.74, 6) is -0.155. The molecular weight excluding hydrogens is 491 g/mol. The molecule has 2 amide bonds. The number of carbonyl (C=O) groups is 2. The van der Waals surface area contributed by atoms with Gasteiger partial charge in [-0.3, -0.25) is 20.4 Å². The zero-order chi connectivity index (χ0) is 19.1. The summed E-state index contributed by atoms with van der Waals surface area (Å²) in [5.41, 5.74) is 4.54. The van der Waals surface area contributed by atoms with Crippen molar-refractivity contribution >= 4 is 55.3 Å². The molecule has 0 fully saturated rings. The molecule has 2 rings (SSSR count). The van der Waals surface area contributed by atoms with E-state index < -0.39 is 17.9 Å². The van der Waals surface area contributed by atoms with Gasteiger partial charge >= 0.3 is 0 Å². The molecule has 6 nitrogen and oxygen atoms in total. The van der Waals surface area contributed by atoms with Crippen molar-refractivity contribution in [3.05, 3.63) is 56.4 Å². The summed E-state index contributed by atoms with van der Waals surface area (Å²) in [5, 5.41) is 0.393. The lowest BCUT2D eigenvalue weighted by Crippen LogP contribution is -2.48. The van der Waals surface area contributed by atoms with Crippen LogP contribution in [0.15, 0.2) is 51.4 Å². The Balaban J connectivity index is 1.77. The molecular formula is C17H15Br2ClN2O4. The molecule has 0 aliphatic heterocycles. The van der Waals surface area contributed by atoms with E-state index in [2.05, 4.69) is 42.7 Å². The molecule has 2 aromatic rings. The van der Waals surface area contributed by atoms with Crippen molar-refractivity contribution in [1.82, 2.24) is 10.9 Å². The predicted octanol–water partition coefficient (Wildman–Crippen LogP) is 3.86. The van der Waals surface area contributed by atoms with E-state index >= 15 is 0 Å². The molecule has 0 spiro atoms. The lowest BCUT2D eigenvalue weighted by atomic mass is 10.3. The highest BCUT2D eigenvalue weighted by Gasteiger charge is 2.16. The molecule has 0 bridgehead atoms. The van der Waals surface area contributed by atoms with Gasteiger partial charge < -0.3 is 9.47 Å². The maximum absolute atomic E-state index is 12.0. The van der Waals surface area contributed by atoms with Gasteiger partial charge in [0.2, 0.25) is 0 Å². The lowest BCUT2D eigenvalue weighted by molar-refractivity contribution is -0.133. The van der Waals surface area contributed by atoms with Gasteiger partial charge in [0.15, 0.2) is 12.7 Å². The number of para-hydroxylation sites is 1. The summed E-state index contributed by atoms with van der Waals surface area (Å²) in [4.78, 5) is 23.8. The molecule has 1 unspecified atom stereocenters. The third-order valence-electron chi connectivity index (χ3n) is 3.09. The maximum Gasteiger partial charge on any atom is 0.279 e. The molecule has 2 N–H and O–H groups in total. The Kier molecular flexibility index (Phi) is 7.74. The molecule has 0 heterocycles. The third-order valence-corrected chi connectivity index (χ3v) is 4.51. The fourth-order valence-corrected chi connectivity index (χ4v) is 3.13. The Morgan fingerprint density at radius 2 is 1.85 bits per heavy atom. The molecule has 0 aliphatic carbocycles. The number of hydrogen-bond donors (Lipinski definition) is 2. The van der Waals surface area contributed by atoms with Crippen LogP contribution >= 0.6 is 43.5 Å². The number of halogens is 3. The Labute approximate surface area is 172 Å². The quantitative estimate of drug-likeness (QED) is 0.584. The van der Waals surface area contributed by atoms with E-state index in [1.165, 1.54) is 0 Å². The molecule has 0 saturated heterocycles.